The molecule has 0 aromatic heterocycles. The van der Waals surface area contributed by atoms with Crippen molar-refractivity contribution >= 4 is 5.97 Å². The Labute approximate surface area is 71.5 Å². The normalized spacial score (nSPS) is 12.2. The molecule has 0 amide bonds. The highest BCUT2D eigenvalue weighted by Gasteiger charge is 2.15. The van der Waals surface area contributed by atoms with Crippen LogP contribution in [0.5, 0.6) is 0 Å². The van der Waals surface area contributed by atoms with Gasteiger partial charge < -0.3 is 14.9 Å². The van der Waals surface area contributed by atoms with Crippen molar-refractivity contribution in [3.05, 3.63) is 12.2 Å². The van der Waals surface area contributed by atoms with Gasteiger partial charge in [-0.3, -0.25) is 0 Å². The maximum atomic E-state index is 10.9. The third-order valence-electron chi connectivity index (χ3n) is 1.38. The number of hydrogen-bond acceptors (Lipinski definition) is 4. The van der Waals surface area contributed by atoms with Gasteiger partial charge in [0.1, 0.15) is 6.61 Å². The minimum absolute atomic E-state index is 0.0333. The highest BCUT2D eigenvalue weighted by molar-refractivity contribution is 5.88. The number of aliphatic hydroxyl groups is 2. The second kappa shape index (κ2) is 5.74. The predicted molar refractivity (Wildman–Crippen MR) is 43.5 cm³/mol. The van der Waals surface area contributed by atoms with Crippen LogP contribution in [0.15, 0.2) is 12.2 Å². The summed E-state index contributed by atoms with van der Waals surface area (Å²) in [4.78, 5) is 10.9. The van der Waals surface area contributed by atoms with E-state index < -0.39 is 12.1 Å². The van der Waals surface area contributed by atoms with Crippen LogP contribution in [0.2, 0.25) is 0 Å². The van der Waals surface area contributed by atoms with Crippen LogP contribution in [0.3, 0.4) is 0 Å². The van der Waals surface area contributed by atoms with Crippen LogP contribution >= 0.6 is 0 Å². The number of ether oxygens (including phenoxy) is 1. The summed E-state index contributed by atoms with van der Waals surface area (Å²) >= 11 is 0. The monoisotopic (exact) mass is 174 g/mol. The number of carbonyl (C=O) groups excluding carboxylic acids is 1. The number of hydrogen-bond donors (Lipinski definition) is 2. The topological polar surface area (TPSA) is 66.8 Å². The minimum Gasteiger partial charge on any atom is -0.460 e. The largest absolute Gasteiger partial charge is 0.460 e. The zero-order valence-electron chi connectivity index (χ0n) is 7.12. The van der Waals surface area contributed by atoms with Gasteiger partial charge in [0.05, 0.1) is 18.3 Å². The van der Waals surface area contributed by atoms with Crippen molar-refractivity contribution in [2.24, 2.45) is 0 Å². The average Bonchev–Trinajstić information content (AvgIpc) is 2.11. The number of aliphatic hydroxyl groups excluding tert-OH is 2. The van der Waals surface area contributed by atoms with Gasteiger partial charge in [0.25, 0.3) is 0 Å². The molecule has 0 heterocycles. The fraction of sp³-hybridized carbons (Fsp3) is 0.625. The van der Waals surface area contributed by atoms with Gasteiger partial charge in [-0.25, -0.2) is 4.79 Å². The quantitative estimate of drug-likeness (QED) is 0.449. The molecule has 1 unspecified atom stereocenters. The molecule has 0 aromatic rings. The minimum atomic E-state index is -0.851. The lowest BCUT2D eigenvalue weighted by Gasteiger charge is -2.09. The van der Waals surface area contributed by atoms with Crippen LogP contribution in [0, 0.1) is 0 Å². The lowest BCUT2D eigenvalue weighted by molar-refractivity contribution is -0.141. The van der Waals surface area contributed by atoms with Crippen molar-refractivity contribution < 1.29 is 19.7 Å². The molecule has 4 nitrogen and oxygen atoms in total. The van der Waals surface area contributed by atoms with E-state index in [4.69, 9.17) is 10.2 Å². The molecule has 0 spiro atoms. The van der Waals surface area contributed by atoms with E-state index in [1.807, 2.05) is 0 Å². The van der Waals surface area contributed by atoms with Gasteiger partial charge >= 0.3 is 5.97 Å². The molecule has 70 valence electrons. The Bertz CT molecular complexity index is 164. The van der Waals surface area contributed by atoms with E-state index in [1.165, 1.54) is 0 Å². The van der Waals surface area contributed by atoms with Crippen molar-refractivity contribution in [3.8, 4) is 0 Å². The smallest absolute Gasteiger partial charge is 0.336 e. The van der Waals surface area contributed by atoms with Crippen LogP contribution in [-0.4, -0.2) is 35.5 Å². The molecular formula is C8H14O4. The van der Waals surface area contributed by atoms with Crippen LogP contribution in [-0.2, 0) is 9.53 Å². The van der Waals surface area contributed by atoms with Crippen molar-refractivity contribution in [2.75, 3.05) is 13.2 Å². The Balaban J connectivity index is 3.85. The summed E-state index contributed by atoms with van der Waals surface area (Å²) in [7, 11) is 0. The highest BCUT2D eigenvalue weighted by atomic mass is 16.5. The molecule has 0 bridgehead atoms. The van der Waals surface area contributed by atoms with E-state index in [0.717, 1.165) is 0 Å². The Morgan fingerprint density at radius 1 is 1.67 bits per heavy atom. The molecular weight excluding hydrogens is 160 g/mol. The van der Waals surface area contributed by atoms with E-state index in [1.54, 1.807) is 6.92 Å². The van der Waals surface area contributed by atoms with Gasteiger partial charge in [-0.05, 0) is 6.42 Å². The SMILES string of the molecule is C=C(C(=O)OCCO)C(O)CC. The molecule has 0 radical (unpaired) electrons. The van der Waals surface area contributed by atoms with Crippen molar-refractivity contribution in [1.82, 2.24) is 0 Å². The first-order chi connectivity index (χ1) is 5.63. The van der Waals surface area contributed by atoms with E-state index in [0.29, 0.717) is 6.42 Å². The fourth-order valence-corrected chi connectivity index (χ4v) is 0.613. The molecule has 2 N–H and O–H groups in total. The van der Waals surface area contributed by atoms with Crippen molar-refractivity contribution in [1.29, 1.82) is 0 Å². The molecule has 0 aliphatic rings. The molecule has 0 aliphatic heterocycles. The van der Waals surface area contributed by atoms with Crippen LogP contribution in [0.25, 0.3) is 0 Å². The molecule has 4 heteroatoms. The van der Waals surface area contributed by atoms with Crippen molar-refractivity contribution in [2.45, 2.75) is 19.4 Å². The third-order valence-corrected chi connectivity index (χ3v) is 1.38. The van der Waals surface area contributed by atoms with Crippen molar-refractivity contribution in [3.63, 3.8) is 0 Å². The number of esters is 1. The molecule has 12 heavy (non-hydrogen) atoms. The Hall–Kier alpha value is -0.870. The molecule has 0 fully saturated rings. The summed E-state index contributed by atoms with van der Waals surface area (Å²) in [5.41, 5.74) is 0.0333. The maximum absolute atomic E-state index is 10.9. The second-order valence-electron chi connectivity index (χ2n) is 2.31. The number of carbonyl (C=O) groups is 1. The van der Waals surface area contributed by atoms with Gasteiger partial charge in [-0.1, -0.05) is 13.5 Å². The zero-order valence-corrected chi connectivity index (χ0v) is 7.12. The predicted octanol–water partition coefficient (Wildman–Crippen LogP) is -0.151. The Morgan fingerprint density at radius 2 is 2.25 bits per heavy atom. The number of rotatable bonds is 5. The van der Waals surface area contributed by atoms with E-state index >= 15 is 0 Å². The van der Waals surface area contributed by atoms with E-state index in [9.17, 15) is 4.79 Å². The highest BCUT2D eigenvalue weighted by Crippen LogP contribution is 2.05. The summed E-state index contributed by atoms with van der Waals surface area (Å²) in [6.07, 6.45) is -0.427. The summed E-state index contributed by atoms with van der Waals surface area (Å²) in [5.74, 6) is -0.654. The van der Waals surface area contributed by atoms with Crippen LogP contribution in [0.4, 0.5) is 0 Å². The maximum Gasteiger partial charge on any atom is 0.336 e. The van der Waals surface area contributed by atoms with Gasteiger partial charge in [0.15, 0.2) is 0 Å². The third kappa shape index (κ3) is 3.50. The first kappa shape index (κ1) is 11.1. The standard InChI is InChI=1S/C8H14O4/c1-3-7(10)6(2)8(11)12-5-4-9/h7,9-10H,2-5H2,1H3. The first-order valence-corrected chi connectivity index (χ1v) is 3.78. The van der Waals surface area contributed by atoms with E-state index in [2.05, 4.69) is 11.3 Å². The zero-order chi connectivity index (χ0) is 9.56. The molecule has 0 rings (SSSR count). The Morgan fingerprint density at radius 3 is 2.67 bits per heavy atom. The first-order valence-electron chi connectivity index (χ1n) is 3.78. The summed E-state index contributed by atoms with van der Waals surface area (Å²) in [6.45, 7) is 4.82. The second-order valence-corrected chi connectivity index (χ2v) is 2.31. The Kier molecular flexibility index (Phi) is 5.32. The molecule has 0 aliphatic carbocycles. The van der Waals surface area contributed by atoms with Gasteiger partial charge in [-0.15, -0.1) is 0 Å². The lowest BCUT2D eigenvalue weighted by atomic mass is 10.1. The molecule has 0 aromatic carbocycles. The lowest BCUT2D eigenvalue weighted by Crippen LogP contribution is -2.19. The fourth-order valence-electron chi connectivity index (χ4n) is 0.613. The summed E-state index contributed by atoms with van der Waals surface area (Å²) in [5, 5.41) is 17.5. The summed E-state index contributed by atoms with van der Waals surface area (Å²) in [6, 6.07) is 0. The van der Waals surface area contributed by atoms with Crippen LogP contribution in [0.1, 0.15) is 13.3 Å². The average molecular weight is 174 g/mol. The molecule has 0 saturated heterocycles. The molecule has 0 saturated carbocycles. The van der Waals surface area contributed by atoms with Crippen LogP contribution < -0.4 is 0 Å². The molecule has 1 atom stereocenters. The summed E-state index contributed by atoms with van der Waals surface area (Å²) < 4.78 is 4.53. The van der Waals surface area contributed by atoms with Gasteiger partial charge in [0.2, 0.25) is 0 Å². The van der Waals surface area contributed by atoms with E-state index in [-0.39, 0.29) is 18.8 Å². The van der Waals surface area contributed by atoms with Gasteiger partial charge in [-0.2, -0.15) is 0 Å². The van der Waals surface area contributed by atoms with Gasteiger partial charge in [0, 0.05) is 0 Å².